The maximum absolute atomic E-state index is 6.07. The van der Waals surface area contributed by atoms with Crippen LogP contribution in [0.4, 0.5) is 0 Å². The number of para-hydroxylation sites is 1. The van der Waals surface area contributed by atoms with Gasteiger partial charge in [-0.3, -0.25) is 0 Å². The van der Waals surface area contributed by atoms with Gasteiger partial charge in [-0.2, -0.15) is 0 Å². The van der Waals surface area contributed by atoms with E-state index >= 15 is 0 Å². The number of hydrogen-bond donors (Lipinski definition) is 0. The zero-order chi connectivity index (χ0) is 39.8. The van der Waals surface area contributed by atoms with Gasteiger partial charge in [0, 0.05) is 27.6 Å². The van der Waals surface area contributed by atoms with Crippen LogP contribution in [0.3, 0.4) is 0 Å². The van der Waals surface area contributed by atoms with E-state index in [0.29, 0.717) is 11.8 Å². The number of aromatic nitrogens is 3. The molecule has 2 heterocycles. The van der Waals surface area contributed by atoms with E-state index in [9.17, 15) is 0 Å². The van der Waals surface area contributed by atoms with Gasteiger partial charge in [0.2, 0.25) is 11.8 Å². The summed E-state index contributed by atoms with van der Waals surface area (Å²) in [7, 11) is 0. The Morgan fingerprint density at radius 3 is 1.30 bits per heavy atom. The largest absolute Gasteiger partial charge is 0.416 e. The first kappa shape index (κ1) is 35.1. The Bertz CT molecular complexity index is 3290. The smallest absolute Gasteiger partial charge is 0.248 e. The highest BCUT2D eigenvalue weighted by Crippen LogP contribution is 2.42. The summed E-state index contributed by atoms with van der Waals surface area (Å²) in [4.78, 5) is 0. The van der Waals surface area contributed by atoms with Crippen LogP contribution in [-0.2, 0) is 0 Å². The first-order chi connectivity index (χ1) is 29.7. The van der Waals surface area contributed by atoms with Gasteiger partial charge in [-0.1, -0.05) is 158 Å². The zero-order valence-electron chi connectivity index (χ0n) is 32.6. The normalized spacial score (nSPS) is 11.3. The van der Waals surface area contributed by atoms with Crippen molar-refractivity contribution in [3.05, 3.63) is 224 Å². The molecule has 0 fully saturated rings. The summed E-state index contributed by atoms with van der Waals surface area (Å²) in [6, 6.07) is 79.6. The molecule has 0 aliphatic heterocycles. The predicted molar refractivity (Wildman–Crippen MR) is 247 cm³/mol. The summed E-state index contributed by atoms with van der Waals surface area (Å²) in [5.74, 6) is 1.00. The Labute approximate surface area is 348 Å². The van der Waals surface area contributed by atoms with Crippen molar-refractivity contribution in [2.24, 2.45) is 0 Å². The van der Waals surface area contributed by atoms with Crippen molar-refractivity contribution in [1.82, 2.24) is 14.8 Å². The Balaban J connectivity index is 1.01. The fourth-order valence-electron chi connectivity index (χ4n) is 8.50. The molecule has 4 nitrogen and oxygen atoms in total. The molecule has 0 bridgehead atoms. The molecule has 282 valence electrons. The molecule has 60 heavy (non-hydrogen) atoms. The maximum atomic E-state index is 6.07. The molecule has 4 heteroatoms. The fourth-order valence-corrected chi connectivity index (χ4v) is 8.50. The lowest BCUT2D eigenvalue weighted by Crippen LogP contribution is -1.93. The lowest BCUT2D eigenvalue weighted by molar-refractivity contribution is 0.584. The Kier molecular flexibility index (Phi) is 8.79. The van der Waals surface area contributed by atoms with Crippen LogP contribution >= 0.6 is 0 Å². The van der Waals surface area contributed by atoms with Crippen LogP contribution in [-0.4, -0.2) is 14.8 Å². The lowest BCUT2D eigenvalue weighted by Gasteiger charge is -2.15. The summed E-state index contributed by atoms with van der Waals surface area (Å²) in [5, 5.41) is 11.1. The van der Waals surface area contributed by atoms with Crippen LogP contribution in [0.2, 0.25) is 0 Å². The highest BCUT2D eigenvalue weighted by Gasteiger charge is 2.18. The van der Waals surface area contributed by atoms with E-state index < -0.39 is 0 Å². The molecular formula is C56H37N3O. The molecule has 0 radical (unpaired) electrons. The van der Waals surface area contributed by atoms with Crippen LogP contribution in [0, 0.1) is 0 Å². The second-order valence-electron chi connectivity index (χ2n) is 15.0. The summed E-state index contributed by atoms with van der Waals surface area (Å²) >= 11 is 0. The number of fused-ring (bicyclic) bond motifs is 3. The van der Waals surface area contributed by atoms with Gasteiger partial charge in [-0.15, -0.1) is 10.2 Å². The molecular weight excluding hydrogens is 731 g/mol. The van der Waals surface area contributed by atoms with Crippen molar-refractivity contribution in [1.29, 1.82) is 0 Å². The van der Waals surface area contributed by atoms with E-state index in [1.54, 1.807) is 0 Å². The average Bonchev–Trinajstić information content (AvgIpc) is 3.96. The third-order valence-corrected chi connectivity index (χ3v) is 11.4. The van der Waals surface area contributed by atoms with Gasteiger partial charge in [0.1, 0.15) is 0 Å². The van der Waals surface area contributed by atoms with Crippen molar-refractivity contribution in [3.8, 4) is 84.2 Å². The highest BCUT2D eigenvalue weighted by atomic mass is 16.4. The number of hydrogen-bond acceptors (Lipinski definition) is 3. The van der Waals surface area contributed by atoms with Crippen molar-refractivity contribution < 1.29 is 4.42 Å². The summed E-state index contributed by atoms with van der Waals surface area (Å²) < 4.78 is 8.46. The third-order valence-electron chi connectivity index (χ3n) is 11.4. The second kappa shape index (κ2) is 15.0. The SMILES string of the molecule is c1ccc(-c2cccc(-c3ccc4c(c3)c3cc(-c5ccccc5-c5ccccc5-c5ccc(-c6nnc(-c7ccccc7)o6)cc5)ccc3n4-c3ccccc3)c2)cc1. The first-order valence-corrected chi connectivity index (χ1v) is 20.2. The first-order valence-electron chi connectivity index (χ1n) is 20.2. The molecule has 0 spiro atoms. The molecule has 0 atom stereocenters. The van der Waals surface area contributed by atoms with Crippen LogP contribution in [0.25, 0.3) is 106 Å². The molecule has 11 aromatic rings. The van der Waals surface area contributed by atoms with Crippen molar-refractivity contribution in [2.75, 3.05) is 0 Å². The van der Waals surface area contributed by atoms with E-state index in [1.165, 1.54) is 55.2 Å². The van der Waals surface area contributed by atoms with Gasteiger partial charge in [0.05, 0.1) is 11.0 Å². The van der Waals surface area contributed by atoms with E-state index in [1.807, 2.05) is 30.3 Å². The van der Waals surface area contributed by atoms with E-state index in [-0.39, 0.29) is 0 Å². The minimum absolute atomic E-state index is 0.496. The minimum atomic E-state index is 0.496. The molecule has 0 aliphatic rings. The van der Waals surface area contributed by atoms with Crippen LogP contribution in [0.5, 0.6) is 0 Å². The molecule has 0 unspecified atom stereocenters. The average molecular weight is 768 g/mol. The molecule has 11 rings (SSSR count). The van der Waals surface area contributed by atoms with Crippen LogP contribution in [0.1, 0.15) is 0 Å². The minimum Gasteiger partial charge on any atom is -0.416 e. The van der Waals surface area contributed by atoms with Gasteiger partial charge in [0.15, 0.2) is 0 Å². The Hall–Kier alpha value is -8.08. The molecule has 0 amide bonds. The van der Waals surface area contributed by atoms with Crippen molar-refractivity contribution >= 4 is 21.8 Å². The quantitative estimate of drug-likeness (QED) is 0.155. The molecule has 2 aromatic heterocycles. The molecule has 0 N–H and O–H groups in total. The number of rotatable bonds is 8. The van der Waals surface area contributed by atoms with Gasteiger partial charge in [-0.05, 0) is 122 Å². The van der Waals surface area contributed by atoms with Crippen LogP contribution < -0.4 is 0 Å². The zero-order valence-corrected chi connectivity index (χ0v) is 32.6. The van der Waals surface area contributed by atoms with Crippen molar-refractivity contribution in [3.63, 3.8) is 0 Å². The fraction of sp³-hybridized carbons (Fsp3) is 0. The maximum Gasteiger partial charge on any atom is 0.248 e. The Morgan fingerprint density at radius 1 is 0.283 bits per heavy atom. The molecule has 0 saturated carbocycles. The molecule has 0 aliphatic carbocycles. The second-order valence-corrected chi connectivity index (χ2v) is 15.0. The number of benzene rings is 9. The van der Waals surface area contributed by atoms with Crippen molar-refractivity contribution in [2.45, 2.75) is 0 Å². The lowest BCUT2D eigenvalue weighted by atomic mass is 9.89. The van der Waals surface area contributed by atoms with Gasteiger partial charge >= 0.3 is 0 Å². The summed E-state index contributed by atoms with van der Waals surface area (Å²) in [5.41, 5.74) is 17.0. The van der Waals surface area contributed by atoms with E-state index in [4.69, 9.17) is 4.42 Å². The highest BCUT2D eigenvalue weighted by molar-refractivity contribution is 6.12. The monoisotopic (exact) mass is 767 g/mol. The predicted octanol–water partition coefficient (Wildman–Crippen LogP) is 14.8. The Morgan fingerprint density at radius 2 is 0.683 bits per heavy atom. The van der Waals surface area contributed by atoms with Gasteiger partial charge in [0.25, 0.3) is 0 Å². The van der Waals surface area contributed by atoms with E-state index in [0.717, 1.165) is 39.1 Å². The van der Waals surface area contributed by atoms with Gasteiger partial charge < -0.3 is 8.98 Å². The molecule has 0 saturated heterocycles. The van der Waals surface area contributed by atoms with Crippen LogP contribution in [0.15, 0.2) is 229 Å². The standard InChI is InChI=1S/C56H37N3O/c1-4-15-38(16-5-1)42-19-14-20-43(35-42)44-31-33-53-51(36-44)52-37-45(32-34-54(52)59(53)46-21-8-3-9-22-46)48-24-11-13-26-50(48)49-25-12-10-23-47(49)39-27-29-41(30-28-39)56-58-57-55(60-56)40-17-6-2-7-18-40/h1-37H. The third kappa shape index (κ3) is 6.37. The topological polar surface area (TPSA) is 43.9 Å². The summed E-state index contributed by atoms with van der Waals surface area (Å²) in [6.45, 7) is 0. The van der Waals surface area contributed by atoms with Gasteiger partial charge in [-0.25, -0.2) is 0 Å². The number of nitrogens with zero attached hydrogens (tertiary/aromatic N) is 3. The summed E-state index contributed by atoms with van der Waals surface area (Å²) in [6.07, 6.45) is 0. The van der Waals surface area contributed by atoms with E-state index in [2.05, 4.69) is 209 Å². The molecule has 9 aromatic carbocycles.